The molecule has 2 fully saturated rings. The number of fused-ring (bicyclic) bond motifs is 1. The summed E-state index contributed by atoms with van der Waals surface area (Å²) in [6.45, 7) is 3.60. The zero-order chi connectivity index (χ0) is 15.8. The Balaban J connectivity index is 1.49. The number of aromatic nitrogens is 2. The number of carbonyl (C=O) groups excluding carboxylic acids is 2. The van der Waals surface area contributed by atoms with Gasteiger partial charge >= 0.3 is 6.03 Å². The van der Waals surface area contributed by atoms with E-state index in [1.165, 1.54) is 0 Å². The summed E-state index contributed by atoms with van der Waals surface area (Å²) in [5, 5.41) is 3.07. The molecule has 1 aromatic heterocycles. The standard InChI is InChI=1S/C16H23N5O2/c22-15-2-1-6-20(15)9-12-8-19-7-5-17-14(19)11-21(10-12)16(23)18-13-3-4-13/h5,7,12-13H,1-4,6,8-11H2,(H,18,23)/t12-/m1/s1. The largest absolute Gasteiger partial charge is 0.342 e. The van der Waals surface area contributed by atoms with Gasteiger partial charge in [0.25, 0.3) is 0 Å². The van der Waals surface area contributed by atoms with Gasteiger partial charge < -0.3 is 19.7 Å². The zero-order valence-electron chi connectivity index (χ0n) is 13.3. The Morgan fingerprint density at radius 1 is 1.35 bits per heavy atom. The minimum Gasteiger partial charge on any atom is -0.342 e. The first-order valence-corrected chi connectivity index (χ1v) is 8.52. The Morgan fingerprint density at radius 3 is 2.96 bits per heavy atom. The highest BCUT2D eigenvalue weighted by atomic mass is 16.2. The van der Waals surface area contributed by atoms with Crippen LogP contribution >= 0.6 is 0 Å². The number of imidazole rings is 1. The van der Waals surface area contributed by atoms with Gasteiger partial charge in [-0.05, 0) is 19.3 Å². The third-order valence-electron chi connectivity index (χ3n) is 4.91. The second-order valence-corrected chi connectivity index (χ2v) is 6.91. The van der Waals surface area contributed by atoms with Crippen molar-refractivity contribution in [1.29, 1.82) is 0 Å². The summed E-state index contributed by atoms with van der Waals surface area (Å²) in [6, 6.07) is 0.353. The molecule has 0 unspecified atom stereocenters. The zero-order valence-corrected chi connectivity index (χ0v) is 13.3. The van der Waals surface area contributed by atoms with Gasteiger partial charge in [-0.25, -0.2) is 9.78 Å². The minimum atomic E-state index is 0.00157. The maximum absolute atomic E-state index is 12.5. The molecule has 23 heavy (non-hydrogen) atoms. The van der Waals surface area contributed by atoms with Crippen LogP contribution in [0.2, 0.25) is 0 Å². The van der Waals surface area contributed by atoms with E-state index in [9.17, 15) is 9.59 Å². The summed E-state index contributed by atoms with van der Waals surface area (Å²) in [4.78, 5) is 32.6. The van der Waals surface area contributed by atoms with Gasteiger partial charge in [0.1, 0.15) is 5.82 Å². The fourth-order valence-electron chi connectivity index (χ4n) is 3.51. The third kappa shape index (κ3) is 3.18. The van der Waals surface area contributed by atoms with Crippen molar-refractivity contribution in [1.82, 2.24) is 24.7 Å². The Bertz CT molecular complexity index is 609. The van der Waals surface area contributed by atoms with Crippen LogP contribution in [0.3, 0.4) is 0 Å². The van der Waals surface area contributed by atoms with Crippen LogP contribution in [0.4, 0.5) is 4.79 Å². The third-order valence-corrected chi connectivity index (χ3v) is 4.91. The van der Waals surface area contributed by atoms with E-state index < -0.39 is 0 Å². The van der Waals surface area contributed by atoms with Crippen molar-refractivity contribution < 1.29 is 9.59 Å². The SMILES string of the molecule is O=C1CCCN1C[C@@H]1CN(C(=O)NC2CC2)Cc2nccn2C1. The van der Waals surface area contributed by atoms with Crippen molar-refractivity contribution in [2.24, 2.45) is 5.92 Å². The van der Waals surface area contributed by atoms with Crippen LogP contribution in [0.25, 0.3) is 0 Å². The first-order valence-electron chi connectivity index (χ1n) is 8.52. The van der Waals surface area contributed by atoms with Crippen LogP contribution in [0.15, 0.2) is 12.4 Å². The van der Waals surface area contributed by atoms with E-state index >= 15 is 0 Å². The number of amides is 3. The Kier molecular flexibility index (Phi) is 3.71. The molecule has 1 atom stereocenters. The molecule has 0 bridgehead atoms. The molecule has 1 saturated carbocycles. The number of likely N-dealkylation sites (tertiary alicyclic amines) is 1. The van der Waals surface area contributed by atoms with Gasteiger partial charge in [-0.2, -0.15) is 0 Å². The molecule has 0 spiro atoms. The van der Waals surface area contributed by atoms with E-state index in [1.807, 2.05) is 16.0 Å². The van der Waals surface area contributed by atoms with Gasteiger partial charge in [0, 0.05) is 57.0 Å². The van der Waals surface area contributed by atoms with Crippen molar-refractivity contribution in [3.63, 3.8) is 0 Å². The Hall–Kier alpha value is -2.05. The van der Waals surface area contributed by atoms with Crippen molar-refractivity contribution >= 4 is 11.9 Å². The molecule has 2 aliphatic heterocycles. The lowest BCUT2D eigenvalue weighted by molar-refractivity contribution is -0.128. The molecule has 1 aromatic rings. The number of hydrogen-bond acceptors (Lipinski definition) is 3. The predicted molar refractivity (Wildman–Crippen MR) is 83.5 cm³/mol. The Labute approximate surface area is 135 Å². The van der Waals surface area contributed by atoms with E-state index in [-0.39, 0.29) is 17.9 Å². The topological polar surface area (TPSA) is 70.5 Å². The van der Waals surface area contributed by atoms with E-state index in [0.29, 0.717) is 25.6 Å². The quantitative estimate of drug-likeness (QED) is 0.897. The smallest absolute Gasteiger partial charge is 0.318 e. The number of nitrogens with one attached hydrogen (secondary N) is 1. The number of nitrogens with zero attached hydrogens (tertiary/aromatic N) is 4. The van der Waals surface area contributed by atoms with Crippen LogP contribution in [-0.2, 0) is 17.9 Å². The normalized spacial score (nSPS) is 24.5. The number of urea groups is 1. The van der Waals surface area contributed by atoms with Gasteiger partial charge in [-0.1, -0.05) is 0 Å². The van der Waals surface area contributed by atoms with Gasteiger partial charge in [0.2, 0.25) is 5.91 Å². The van der Waals surface area contributed by atoms with Gasteiger partial charge in [0.15, 0.2) is 0 Å². The van der Waals surface area contributed by atoms with E-state index in [4.69, 9.17) is 0 Å². The van der Waals surface area contributed by atoms with Crippen LogP contribution in [-0.4, -0.2) is 57.0 Å². The molecule has 1 aliphatic carbocycles. The molecule has 1 saturated heterocycles. The highest BCUT2D eigenvalue weighted by Gasteiger charge is 2.31. The van der Waals surface area contributed by atoms with Crippen LogP contribution < -0.4 is 5.32 Å². The molecule has 0 aromatic carbocycles. The lowest BCUT2D eigenvalue weighted by Gasteiger charge is -2.27. The Morgan fingerprint density at radius 2 is 2.22 bits per heavy atom. The van der Waals surface area contributed by atoms with E-state index in [0.717, 1.165) is 44.7 Å². The maximum Gasteiger partial charge on any atom is 0.318 e. The number of hydrogen-bond donors (Lipinski definition) is 1. The van der Waals surface area contributed by atoms with E-state index in [2.05, 4.69) is 14.9 Å². The van der Waals surface area contributed by atoms with Gasteiger partial charge in [0.05, 0.1) is 6.54 Å². The van der Waals surface area contributed by atoms with Gasteiger partial charge in [-0.15, -0.1) is 0 Å². The fourth-order valence-corrected chi connectivity index (χ4v) is 3.51. The highest BCUT2D eigenvalue weighted by Crippen LogP contribution is 2.22. The average molecular weight is 317 g/mol. The molecular weight excluding hydrogens is 294 g/mol. The number of rotatable bonds is 3. The first-order chi connectivity index (χ1) is 11.2. The molecule has 3 heterocycles. The number of carbonyl (C=O) groups is 2. The molecule has 3 aliphatic rings. The summed E-state index contributed by atoms with van der Waals surface area (Å²) in [7, 11) is 0. The minimum absolute atomic E-state index is 0.00157. The van der Waals surface area contributed by atoms with Crippen molar-refractivity contribution in [2.45, 2.75) is 44.8 Å². The second-order valence-electron chi connectivity index (χ2n) is 6.91. The lowest BCUT2D eigenvalue weighted by Crippen LogP contribution is -2.44. The first kappa shape index (κ1) is 14.5. The summed E-state index contributed by atoms with van der Waals surface area (Å²) >= 11 is 0. The van der Waals surface area contributed by atoms with E-state index in [1.54, 1.807) is 6.20 Å². The van der Waals surface area contributed by atoms with Crippen molar-refractivity contribution in [2.75, 3.05) is 19.6 Å². The lowest BCUT2D eigenvalue weighted by atomic mass is 10.1. The molecule has 1 N–H and O–H groups in total. The van der Waals surface area contributed by atoms with Crippen LogP contribution in [0.5, 0.6) is 0 Å². The average Bonchev–Trinajstić information content (AvgIpc) is 3.15. The molecule has 7 nitrogen and oxygen atoms in total. The van der Waals surface area contributed by atoms with Crippen LogP contribution in [0, 0.1) is 5.92 Å². The highest BCUT2D eigenvalue weighted by molar-refractivity contribution is 5.78. The monoisotopic (exact) mass is 317 g/mol. The van der Waals surface area contributed by atoms with Crippen molar-refractivity contribution in [3.05, 3.63) is 18.2 Å². The molecule has 7 heteroatoms. The second kappa shape index (κ2) is 5.86. The van der Waals surface area contributed by atoms with Crippen LogP contribution in [0.1, 0.15) is 31.5 Å². The fraction of sp³-hybridized carbons (Fsp3) is 0.688. The van der Waals surface area contributed by atoms with Gasteiger partial charge in [-0.3, -0.25) is 4.79 Å². The summed E-state index contributed by atoms with van der Waals surface area (Å²) in [5.74, 6) is 1.41. The molecule has 0 radical (unpaired) electrons. The predicted octanol–water partition coefficient (Wildman–Crippen LogP) is 0.809. The molecule has 124 valence electrons. The molecule has 3 amide bonds. The summed E-state index contributed by atoms with van der Waals surface area (Å²) in [6.07, 6.45) is 7.54. The molecular formula is C16H23N5O2. The summed E-state index contributed by atoms with van der Waals surface area (Å²) < 4.78 is 2.12. The maximum atomic E-state index is 12.5. The summed E-state index contributed by atoms with van der Waals surface area (Å²) in [5.41, 5.74) is 0. The van der Waals surface area contributed by atoms with Crippen molar-refractivity contribution in [3.8, 4) is 0 Å². The molecule has 4 rings (SSSR count).